The summed E-state index contributed by atoms with van der Waals surface area (Å²) in [6.07, 6.45) is 8.83. The van der Waals surface area contributed by atoms with Gasteiger partial charge in [0.15, 0.2) is 0 Å². The van der Waals surface area contributed by atoms with Crippen LogP contribution in [0.1, 0.15) is 50.5 Å². The van der Waals surface area contributed by atoms with E-state index in [0.717, 1.165) is 37.1 Å². The van der Waals surface area contributed by atoms with Crippen LogP contribution in [0.2, 0.25) is 5.02 Å². The van der Waals surface area contributed by atoms with Crippen LogP contribution < -0.4 is 0 Å². The Morgan fingerprint density at radius 1 is 0.941 bits per heavy atom. The zero-order valence-corrected chi connectivity index (χ0v) is 11.0. The minimum atomic E-state index is -0.492. The van der Waals surface area contributed by atoms with Crippen LogP contribution in [0.4, 0.5) is 0 Å². The van der Waals surface area contributed by atoms with E-state index in [9.17, 15) is 5.11 Å². The lowest BCUT2D eigenvalue weighted by Gasteiger charge is -2.30. The molecule has 0 atom stereocenters. The molecule has 17 heavy (non-hydrogen) atoms. The molecule has 0 amide bonds. The lowest BCUT2D eigenvalue weighted by Crippen LogP contribution is -2.32. The van der Waals surface area contributed by atoms with Crippen LogP contribution in [-0.2, 0) is 6.42 Å². The van der Waals surface area contributed by atoms with Crippen molar-refractivity contribution in [1.29, 1.82) is 0 Å². The van der Waals surface area contributed by atoms with Crippen molar-refractivity contribution in [1.82, 2.24) is 0 Å². The molecule has 0 radical (unpaired) electrons. The Bertz CT molecular complexity index is 336. The topological polar surface area (TPSA) is 20.2 Å². The minimum Gasteiger partial charge on any atom is -0.390 e. The van der Waals surface area contributed by atoms with Gasteiger partial charge in [0.1, 0.15) is 0 Å². The van der Waals surface area contributed by atoms with Gasteiger partial charge in [-0.25, -0.2) is 0 Å². The van der Waals surface area contributed by atoms with Crippen molar-refractivity contribution in [3.63, 3.8) is 0 Å². The van der Waals surface area contributed by atoms with Crippen molar-refractivity contribution in [2.24, 2.45) is 0 Å². The fraction of sp³-hybridized carbons (Fsp3) is 0.600. The molecule has 1 aliphatic carbocycles. The van der Waals surface area contributed by atoms with Gasteiger partial charge in [-0.15, -0.1) is 0 Å². The lowest BCUT2D eigenvalue weighted by molar-refractivity contribution is 0.0144. The Labute approximate surface area is 109 Å². The summed E-state index contributed by atoms with van der Waals surface area (Å²) < 4.78 is 0. The average molecular weight is 253 g/mol. The molecule has 1 saturated carbocycles. The van der Waals surface area contributed by atoms with Crippen LogP contribution in [0, 0.1) is 0 Å². The van der Waals surface area contributed by atoms with Gasteiger partial charge in [0.2, 0.25) is 0 Å². The van der Waals surface area contributed by atoms with E-state index in [1.165, 1.54) is 24.8 Å². The molecule has 0 bridgehead atoms. The molecular formula is C15H21ClO. The van der Waals surface area contributed by atoms with Gasteiger partial charge in [-0.2, -0.15) is 0 Å². The van der Waals surface area contributed by atoms with Gasteiger partial charge in [-0.05, 0) is 30.5 Å². The fourth-order valence-electron chi connectivity index (χ4n) is 2.72. The smallest absolute Gasteiger partial charge is 0.0688 e. The van der Waals surface area contributed by atoms with E-state index in [0.29, 0.717) is 0 Å². The zero-order chi connectivity index (χ0) is 12.1. The van der Waals surface area contributed by atoms with E-state index >= 15 is 0 Å². The van der Waals surface area contributed by atoms with Gasteiger partial charge < -0.3 is 5.11 Å². The maximum Gasteiger partial charge on any atom is 0.0688 e. The predicted molar refractivity (Wildman–Crippen MR) is 72.4 cm³/mol. The summed E-state index contributed by atoms with van der Waals surface area (Å²) >= 11 is 5.87. The molecule has 0 heterocycles. The first kappa shape index (κ1) is 12.9. The van der Waals surface area contributed by atoms with Gasteiger partial charge in [0.05, 0.1) is 5.60 Å². The zero-order valence-electron chi connectivity index (χ0n) is 10.3. The van der Waals surface area contributed by atoms with Crippen LogP contribution in [0.25, 0.3) is 0 Å². The Morgan fingerprint density at radius 2 is 1.47 bits per heavy atom. The average Bonchev–Trinajstić information content (AvgIpc) is 2.28. The number of hydrogen-bond donors (Lipinski definition) is 1. The molecule has 0 unspecified atom stereocenters. The Morgan fingerprint density at radius 3 is 2.06 bits per heavy atom. The molecule has 0 saturated heterocycles. The summed E-state index contributed by atoms with van der Waals surface area (Å²) in [5.41, 5.74) is 0.700. The third-order valence-electron chi connectivity index (χ3n) is 3.73. The molecule has 0 spiro atoms. The van der Waals surface area contributed by atoms with E-state index in [1.807, 2.05) is 24.3 Å². The number of rotatable bonds is 2. The quantitative estimate of drug-likeness (QED) is 0.829. The highest BCUT2D eigenvalue weighted by Crippen LogP contribution is 2.29. The van der Waals surface area contributed by atoms with Gasteiger partial charge in [-0.1, -0.05) is 55.8 Å². The van der Waals surface area contributed by atoms with Gasteiger partial charge in [0, 0.05) is 11.4 Å². The van der Waals surface area contributed by atoms with Gasteiger partial charge in [-0.3, -0.25) is 0 Å². The number of hydrogen-bond acceptors (Lipinski definition) is 1. The highest BCUT2D eigenvalue weighted by Gasteiger charge is 2.27. The second-order valence-electron chi connectivity index (χ2n) is 5.30. The molecular weight excluding hydrogens is 232 g/mol. The standard InChI is InChI=1S/C15H21ClO/c16-14-8-6-13(7-9-14)12-15(17)10-4-2-1-3-5-11-15/h6-9,17H,1-5,10-12H2. The summed E-state index contributed by atoms with van der Waals surface area (Å²) in [5, 5.41) is 11.4. The van der Waals surface area contributed by atoms with E-state index in [1.54, 1.807) is 0 Å². The normalized spacial score (nSPS) is 20.6. The summed E-state index contributed by atoms with van der Waals surface area (Å²) in [5.74, 6) is 0. The van der Waals surface area contributed by atoms with E-state index in [-0.39, 0.29) is 0 Å². The Kier molecular flexibility index (Phi) is 4.47. The van der Waals surface area contributed by atoms with Gasteiger partial charge >= 0.3 is 0 Å². The van der Waals surface area contributed by atoms with E-state index < -0.39 is 5.60 Å². The van der Waals surface area contributed by atoms with Crippen LogP contribution in [0.15, 0.2) is 24.3 Å². The fourth-order valence-corrected chi connectivity index (χ4v) is 2.85. The summed E-state index contributed by atoms with van der Waals surface area (Å²) in [6.45, 7) is 0. The third-order valence-corrected chi connectivity index (χ3v) is 3.98. The highest BCUT2D eigenvalue weighted by molar-refractivity contribution is 6.30. The third kappa shape index (κ3) is 4.01. The summed E-state index contributed by atoms with van der Waals surface area (Å²) in [7, 11) is 0. The largest absolute Gasteiger partial charge is 0.390 e. The molecule has 1 nitrogen and oxygen atoms in total. The molecule has 94 valence electrons. The van der Waals surface area contributed by atoms with Crippen molar-refractivity contribution in [3.05, 3.63) is 34.9 Å². The maximum atomic E-state index is 10.7. The van der Waals surface area contributed by atoms with E-state index in [2.05, 4.69) is 0 Å². The Hall–Kier alpha value is -0.530. The lowest BCUT2D eigenvalue weighted by atomic mass is 9.82. The van der Waals surface area contributed by atoms with Crippen LogP contribution >= 0.6 is 11.6 Å². The number of halogens is 1. The summed E-state index contributed by atoms with van der Waals surface area (Å²) in [6, 6.07) is 7.87. The van der Waals surface area contributed by atoms with Crippen LogP contribution in [0.3, 0.4) is 0 Å². The number of benzene rings is 1. The molecule has 1 N–H and O–H groups in total. The first-order chi connectivity index (χ1) is 8.18. The van der Waals surface area contributed by atoms with Gasteiger partial charge in [0.25, 0.3) is 0 Å². The van der Waals surface area contributed by atoms with Crippen LogP contribution in [0.5, 0.6) is 0 Å². The second kappa shape index (κ2) is 5.88. The van der Waals surface area contributed by atoms with E-state index in [4.69, 9.17) is 11.6 Å². The minimum absolute atomic E-state index is 0.492. The monoisotopic (exact) mass is 252 g/mol. The maximum absolute atomic E-state index is 10.7. The highest BCUT2D eigenvalue weighted by atomic mass is 35.5. The van der Waals surface area contributed by atoms with Crippen molar-refractivity contribution in [2.45, 2.75) is 57.0 Å². The molecule has 0 aromatic heterocycles. The molecule has 2 heteroatoms. The summed E-state index contributed by atoms with van der Waals surface area (Å²) in [4.78, 5) is 0. The first-order valence-corrected chi connectivity index (χ1v) is 7.03. The predicted octanol–water partition coefficient (Wildman–Crippen LogP) is 4.36. The first-order valence-electron chi connectivity index (χ1n) is 6.65. The molecule has 1 aliphatic rings. The molecule has 1 aromatic carbocycles. The molecule has 1 fully saturated rings. The van der Waals surface area contributed by atoms with Crippen molar-refractivity contribution >= 4 is 11.6 Å². The molecule has 2 rings (SSSR count). The SMILES string of the molecule is OC1(Cc2ccc(Cl)cc2)CCCCCCC1. The Balaban J connectivity index is 2.01. The second-order valence-corrected chi connectivity index (χ2v) is 5.73. The molecule has 1 aromatic rings. The molecule has 0 aliphatic heterocycles. The number of aliphatic hydroxyl groups is 1. The van der Waals surface area contributed by atoms with Crippen molar-refractivity contribution < 1.29 is 5.11 Å². The van der Waals surface area contributed by atoms with Crippen molar-refractivity contribution in [2.75, 3.05) is 0 Å². The van der Waals surface area contributed by atoms with Crippen molar-refractivity contribution in [3.8, 4) is 0 Å². The van der Waals surface area contributed by atoms with Crippen LogP contribution in [-0.4, -0.2) is 10.7 Å².